The van der Waals surface area contributed by atoms with E-state index in [0.29, 0.717) is 5.69 Å². The molecule has 0 saturated carbocycles. The van der Waals surface area contributed by atoms with Gasteiger partial charge < -0.3 is 10.1 Å². The molecule has 0 fully saturated rings. The zero-order chi connectivity index (χ0) is 16.2. The van der Waals surface area contributed by atoms with Crippen LogP contribution in [0.3, 0.4) is 0 Å². The van der Waals surface area contributed by atoms with Gasteiger partial charge in [0, 0.05) is 11.8 Å². The zero-order valence-electron chi connectivity index (χ0n) is 12.3. The summed E-state index contributed by atoms with van der Waals surface area (Å²) in [4.78, 5) is 28.4. The van der Waals surface area contributed by atoms with Crippen LogP contribution in [0.1, 0.15) is 10.4 Å². The van der Waals surface area contributed by atoms with Crippen molar-refractivity contribution in [2.24, 2.45) is 0 Å². The van der Waals surface area contributed by atoms with Crippen LogP contribution in [0.15, 0.2) is 53.5 Å². The lowest BCUT2D eigenvalue weighted by atomic mass is 10.1. The van der Waals surface area contributed by atoms with Crippen LogP contribution in [-0.4, -0.2) is 28.2 Å². The summed E-state index contributed by atoms with van der Waals surface area (Å²) in [6.07, 6.45) is 1.52. The van der Waals surface area contributed by atoms with E-state index < -0.39 is 11.5 Å². The van der Waals surface area contributed by atoms with E-state index in [1.807, 2.05) is 30.3 Å². The van der Waals surface area contributed by atoms with Gasteiger partial charge in [0.15, 0.2) is 0 Å². The molecule has 0 spiro atoms. The summed E-state index contributed by atoms with van der Waals surface area (Å²) in [5.41, 5.74) is 1.26. The molecule has 0 bridgehead atoms. The number of benzene rings is 1. The number of hydrogen-bond acceptors (Lipinski definition) is 4. The van der Waals surface area contributed by atoms with Crippen LogP contribution < -0.4 is 15.6 Å². The van der Waals surface area contributed by atoms with Crippen molar-refractivity contribution in [2.75, 3.05) is 12.4 Å². The molecule has 0 radical (unpaired) electrons. The number of nitrogens with one attached hydrogen (secondary N) is 3. The Labute approximate surface area is 131 Å². The van der Waals surface area contributed by atoms with Gasteiger partial charge >= 0.3 is 0 Å². The van der Waals surface area contributed by atoms with Crippen molar-refractivity contribution in [1.82, 2.24) is 15.2 Å². The molecule has 23 heavy (non-hydrogen) atoms. The van der Waals surface area contributed by atoms with Crippen molar-refractivity contribution < 1.29 is 9.53 Å². The van der Waals surface area contributed by atoms with Crippen LogP contribution in [0, 0.1) is 0 Å². The smallest absolute Gasteiger partial charge is 0.288 e. The van der Waals surface area contributed by atoms with Crippen LogP contribution in [0.4, 0.5) is 5.69 Å². The summed E-state index contributed by atoms with van der Waals surface area (Å²) in [5.74, 6) is -0.282. The molecule has 3 rings (SSSR count). The first-order chi connectivity index (χ1) is 11.2. The fourth-order valence-corrected chi connectivity index (χ4v) is 2.21. The molecule has 0 aliphatic rings. The summed E-state index contributed by atoms with van der Waals surface area (Å²) >= 11 is 0. The lowest BCUT2D eigenvalue weighted by Gasteiger charge is -2.08. The van der Waals surface area contributed by atoms with Gasteiger partial charge in [0.05, 0.1) is 12.8 Å². The zero-order valence-corrected chi connectivity index (χ0v) is 12.3. The molecule has 3 aromatic rings. The van der Waals surface area contributed by atoms with E-state index >= 15 is 0 Å². The SMILES string of the molecule is COc1ncccc1C(=O)Nc1c(-c2ccccc2)[nH][nH]c1=O. The van der Waals surface area contributed by atoms with Crippen LogP contribution in [0.2, 0.25) is 0 Å². The summed E-state index contributed by atoms with van der Waals surface area (Å²) in [5, 5.41) is 7.87. The van der Waals surface area contributed by atoms with Gasteiger partial charge in [-0.15, -0.1) is 0 Å². The molecule has 0 saturated heterocycles. The van der Waals surface area contributed by atoms with Crippen LogP contribution in [-0.2, 0) is 0 Å². The second-order valence-corrected chi connectivity index (χ2v) is 4.71. The highest BCUT2D eigenvalue weighted by atomic mass is 16.5. The molecule has 0 aliphatic carbocycles. The second-order valence-electron chi connectivity index (χ2n) is 4.71. The van der Waals surface area contributed by atoms with Crippen molar-refractivity contribution in [2.45, 2.75) is 0 Å². The van der Waals surface area contributed by atoms with Gasteiger partial charge in [0.25, 0.3) is 11.5 Å². The van der Waals surface area contributed by atoms with Crippen molar-refractivity contribution >= 4 is 11.6 Å². The maximum atomic E-state index is 12.4. The molecule has 0 aliphatic heterocycles. The second kappa shape index (κ2) is 6.18. The van der Waals surface area contributed by atoms with E-state index in [1.54, 1.807) is 12.1 Å². The van der Waals surface area contributed by atoms with Crippen molar-refractivity contribution in [3.05, 3.63) is 64.6 Å². The standard InChI is InChI=1S/C16H14N4O3/c1-23-16-11(8-5-9-17-16)14(21)18-13-12(19-20-15(13)22)10-6-3-2-4-7-10/h2-9H,1H3,(H,18,21)(H2,19,20,22). The Hall–Kier alpha value is -3.35. The number of carbonyl (C=O) groups excluding carboxylic acids is 1. The van der Waals surface area contributed by atoms with Crippen LogP contribution in [0.25, 0.3) is 11.3 Å². The lowest BCUT2D eigenvalue weighted by Crippen LogP contribution is -2.18. The van der Waals surface area contributed by atoms with Crippen molar-refractivity contribution in [3.63, 3.8) is 0 Å². The minimum absolute atomic E-state index is 0.145. The number of methoxy groups -OCH3 is 1. The number of H-pyrrole nitrogens is 2. The maximum absolute atomic E-state index is 12.4. The molecule has 0 unspecified atom stereocenters. The van der Waals surface area contributed by atoms with E-state index in [9.17, 15) is 9.59 Å². The van der Waals surface area contributed by atoms with E-state index in [0.717, 1.165) is 5.56 Å². The maximum Gasteiger partial charge on any atom is 0.288 e. The highest BCUT2D eigenvalue weighted by molar-refractivity contribution is 6.07. The first-order valence-electron chi connectivity index (χ1n) is 6.87. The molecule has 2 heterocycles. The number of aromatic amines is 2. The monoisotopic (exact) mass is 310 g/mol. The summed E-state index contributed by atoms with van der Waals surface area (Å²) in [7, 11) is 1.43. The average Bonchev–Trinajstić information content (AvgIpc) is 2.96. The number of ether oxygens (including phenoxy) is 1. The number of nitrogens with zero attached hydrogens (tertiary/aromatic N) is 1. The fraction of sp³-hybridized carbons (Fsp3) is 0.0625. The van der Waals surface area contributed by atoms with E-state index in [2.05, 4.69) is 20.5 Å². The van der Waals surface area contributed by atoms with Crippen molar-refractivity contribution in [3.8, 4) is 17.1 Å². The van der Waals surface area contributed by atoms with Gasteiger partial charge in [-0.2, -0.15) is 0 Å². The van der Waals surface area contributed by atoms with Crippen LogP contribution >= 0.6 is 0 Å². The van der Waals surface area contributed by atoms with Gasteiger partial charge in [0.1, 0.15) is 11.3 Å². The minimum Gasteiger partial charge on any atom is -0.480 e. The molecular formula is C16H14N4O3. The molecule has 2 aromatic heterocycles. The predicted octanol–water partition coefficient (Wildman–Crippen LogP) is 2.03. The molecule has 3 N–H and O–H groups in total. The number of aromatic nitrogens is 3. The fourth-order valence-electron chi connectivity index (χ4n) is 2.21. The van der Waals surface area contributed by atoms with E-state index in [1.165, 1.54) is 13.3 Å². The molecule has 116 valence electrons. The topological polar surface area (TPSA) is 99.9 Å². The van der Waals surface area contributed by atoms with Gasteiger partial charge in [-0.25, -0.2) is 4.98 Å². The lowest BCUT2D eigenvalue weighted by molar-refractivity contribution is 0.102. The summed E-state index contributed by atoms with van der Waals surface area (Å²) in [6.45, 7) is 0. The Morgan fingerprint density at radius 3 is 2.65 bits per heavy atom. The van der Waals surface area contributed by atoms with Gasteiger partial charge in [-0.1, -0.05) is 30.3 Å². The number of carbonyl (C=O) groups is 1. The number of rotatable bonds is 4. The Morgan fingerprint density at radius 1 is 1.13 bits per heavy atom. The predicted molar refractivity (Wildman–Crippen MR) is 85.6 cm³/mol. The van der Waals surface area contributed by atoms with E-state index in [4.69, 9.17) is 4.74 Å². The van der Waals surface area contributed by atoms with Crippen molar-refractivity contribution in [1.29, 1.82) is 0 Å². The van der Waals surface area contributed by atoms with Crippen LogP contribution in [0.5, 0.6) is 5.88 Å². The Bertz CT molecular complexity index is 884. The molecule has 0 atom stereocenters. The van der Waals surface area contributed by atoms with Gasteiger partial charge in [0.2, 0.25) is 5.88 Å². The third-order valence-corrected chi connectivity index (χ3v) is 3.29. The molecule has 1 amide bonds. The van der Waals surface area contributed by atoms with Gasteiger partial charge in [-0.05, 0) is 12.1 Å². The average molecular weight is 310 g/mol. The number of hydrogen-bond donors (Lipinski definition) is 3. The molecule has 7 heteroatoms. The molecular weight excluding hydrogens is 296 g/mol. The summed E-state index contributed by atoms with van der Waals surface area (Å²) in [6, 6.07) is 12.4. The molecule has 7 nitrogen and oxygen atoms in total. The Morgan fingerprint density at radius 2 is 1.91 bits per heavy atom. The number of pyridine rings is 1. The third-order valence-electron chi connectivity index (χ3n) is 3.29. The van der Waals surface area contributed by atoms with E-state index in [-0.39, 0.29) is 17.1 Å². The highest BCUT2D eigenvalue weighted by Gasteiger charge is 2.18. The highest BCUT2D eigenvalue weighted by Crippen LogP contribution is 2.23. The summed E-state index contributed by atoms with van der Waals surface area (Å²) < 4.78 is 5.07. The first-order valence-corrected chi connectivity index (χ1v) is 6.87. The van der Waals surface area contributed by atoms with Gasteiger partial charge in [-0.3, -0.25) is 19.8 Å². The number of anilines is 1. The normalized spacial score (nSPS) is 10.3. The Kier molecular flexibility index (Phi) is 3.92. The largest absolute Gasteiger partial charge is 0.480 e. The Balaban J connectivity index is 1.96. The molecule has 1 aromatic carbocycles. The quantitative estimate of drug-likeness (QED) is 0.686. The first kappa shape index (κ1) is 14.6. The third kappa shape index (κ3) is 2.84. The minimum atomic E-state index is -0.475. The number of amides is 1.